The van der Waals surface area contributed by atoms with Gasteiger partial charge >= 0.3 is 11.7 Å². The highest BCUT2D eigenvalue weighted by molar-refractivity contribution is 6.38. The monoisotopic (exact) mass is 434 g/mol. The second-order valence-electron chi connectivity index (χ2n) is 8.25. The number of carbonyl (C=O) groups excluding carboxylic acids is 2. The number of halogens is 1. The summed E-state index contributed by atoms with van der Waals surface area (Å²) < 4.78 is 5.59. The molecule has 8 nitrogen and oxygen atoms in total. The van der Waals surface area contributed by atoms with Crippen molar-refractivity contribution in [2.75, 3.05) is 26.2 Å². The van der Waals surface area contributed by atoms with E-state index in [0.717, 1.165) is 58.3 Å². The Morgan fingerprint density at radius 3 is 2.60 bits per heavy atom. The fourth-order valence-electron chi connectivity index (χ4n) is 5.05. The van der Waals surface area contributed by atoms with Gasteiger partial charge in [0.1, 0.15) is 5.52 Å². The Balaban J connectivity index is 1.62. The number of oxazole rings is 1. The zero-order valence-corrected chi connectivity index (χ0v) is 17.6. The minimum absolute atomic E-state index is 0.0434. The first kappa shape index (κ1) is 21.1. The average molecular weight is 435 g/mol. The van der Waals surface area contributed by atoms with Crippen molar-refractivity contribution in [1.82, 2.24) is 10.3 Å². The van der Waals surface area contributed by atoms with E-state index >= 15 is 0 Å². The molecule has 161 valence electrons. The third-order valence-electron chi connectivity index (χ3n) is 6.55. The van der Waals surface area contributed by atoms with E-state index in [1.807, 2.05) is 0 Å². The zero-order chi connectivity index (χ0) is 21.3. The maximum Gasteiger partial charge on any atom is 0.417 e. The summed E-state index contributed by atoms with van der Waals surface area (Å²) in [4.78, 5) is 39.6. The number of rotatable bonds is 5. The predicted molar refractivity (Wildman–Crippen MR) is 113 cm³/mol. The second kappa shape index (κ2) is 8.53. The van der Waals surface area contributed by atoms with E-state index in [9.17, 15) is 14.4 Å². The van der Waals surface area contributed by atoms with E-state index in [1.165, 1.54) is 0 Å². The number of hydrogen-bond acceptors (Lipinski definition) is 5. The maximum absolute atomic E-state index is 13.5. The summed E-state index contributed by atoms with van der Waals surface area (Å²) in [5.41, 5.74) is 6.62. The number of hydrogen-bond donors (Lipinski definition) is 3. The minimum Gasteiger partial charge on any atom is -0.408 e. The molecule has 4 rings (SSSR count). The smallest absolute Gasteiger partial charge is 0.408 e. The minimum atomic E-state index is -0.708. The molecule has 0 aliphatic carbocycles. The molecule has 0 bridgehead atoms. The molecule has 4 N–H and O–H groups in total. The van der Waals surface area contributed by atoms with E-state index < -0.39 is 11.7 Å². The maximum atomic E-state index is 13.5. The quantitative estimate of drug-likeness (QED) is 0.621. The van der Waals surface area contributed by atoms with Gasteiger partial charge in [0, 0.05) is 25.9 Å². The molecule has 1 radical (unpaired) electrons. The molecule has 2 aromatic rings. The van der Waals surface area contributed by atoms with Crippen LogP contribution in [0.1, 0.15) is 48.0 Å². The summed E-state index contributed by atoms with van der Waals surface area (Å²) in [6, 6.07) is 1.88. The van der Waals surface area contributed by atoms with E-state index in [1.54, 1.807) is 12.5 Å². The number of nitrogens with one attached hydrogen (secondary N) is 2. The van der Waals surface area contributed by atoms with Gasteiger partial charge in [-0.2, -0.15) is 0 Å². The first-order chi connectivity index (χ1) is 14.4. The fraction of sp³-hybridized carbons (Fsp3) is 0.524. The number of nitrogens with two attached hydrogens (primary N) is 1. The molecule has 0 atom stereocenters. The molecular weight excluding hydrogens is 408 g/mol. The first-order valence-corrected chi connectivity index (χ1v) is 10.9. The van der Waals surface area contributed by atoms with Gasteiger partial charge < -0.3 is 15.5 Å². The van der Waals surface area contributed by atoms with Crippen LogP contribution in [0, 0.1) is 6.42 Å². The second-order valence-corrected chi connectivity index (χ2v) is 8.62. The third kappa shape index (κ3) is 3.79. The van der Waals surface area contributed by atoms with E-state index in [4.69, 9.17) is 21.8 Å². The lowest BCUT2D eigenvalue weighted by atomic mass is 9.94. The highest BCUT2D eigenvalue weighted by Gasteiger charge is 2.44. The van der Waals surface area contributed by atoms with Crippen molar-refractivity contribution in [2.24, 2.45) is 5.73 Å². The fourth-order valence-corrected chi connectivity index (χ4v) is 5.41. The molecule has 2 saturated heterocycles. The Morgan fingerprint density at radius 2 is 1.93 bits per heavy atom. The number of nitrogens with zero attached hydrogens (tertiary/aromatic N) is 1. The number of quaternary nitrogens is 1. The van der Waals surface area contributed by atoms with Crippen LogP contribution >= 0.6 is 11.6 Å². The predicted octanol–water partition coefficient (Wildman–Crippen LogP) is 1.90. The van der Waals surface area contributed by atoms with Crippen molar-refractivity contribution in [3.8, 4) is 0 Å². The summed E-state index contributed by atoms with van der Waals surface area (Å²) >= 11 is 6.33. The number of aromatic amines is 1. The van der Waals surface area contributed by atoms with Crippen LogP contribution < -0.4 is 16.8 Å². The molecule has 0 unspecified atom stereocenters. The number of likely N-dealkylation sites (tertiary alicyclic amines) is 1. The number of benzene rings is 1. The molecule has 1 aromatic carbocycles. The number of primary amides is 1. The van der Waals surface area contributed by atoms with Crippen LogP contribution in [0.2, 0.25) is 5.02 Å². The summed E-state index contributed by atoms with van der Waals surface area (Å²) in [6.07, 6.45) is 7.07. The van der Waals surface area contributed by atoms with Crippen LogP contribution in [0.5, 0.6) is 0 Å². The van der Waals surface area contributed by atoms with Crippen molar-refractivity contribution in [3.05, 3.63) is 39.2 Å². The van der Waals surface area contributed by atoms with E-state index in [-0.39, 0.29) is 34.0 Å². The zero-order valence-electron chi connectivity index (χ0n) is 16.8. The Labute approximate surface area is 179 Å². The highest BCUT2D eigenvalue weighted by Crippen LogP contribution is 2.32. The van der Waals surface area contributed by atoms with Crippen molar-refractivity contribution in [3.63, 3.8) is 0 Å². The van der Waals surface area contributed by atoms with Gasteiger partial charge in [0.2, 0.25) is 0 Å². The van der Waals surface area contributed by atoms with Gasteiger partial charge in [0.25, 0.3) is 5.91 Å². The molecule has 2 fully saturated rings. The molecule has 2 aliphatic rings. The van der Waals surface area contributed by atoms with Gasteiger partial charge in [0.15, 0.2) is 5.58 Å². The third-order valence-corrected chi connectivity index (χ3v) is 6.92. The lowest BCUT2D eigenvalue weighted by molar-refractivity contribution is -0.884. The molecule has 1 aromatic heterocycles. The van der Waals surface area contributed by atoms with Gasteiger partial charge in [-0.25, -0.2) is 9.59 Å². The van der Waals surface area contributed by atoms with Gasteiger partial charge in [-0.15, -0.1) is 0 Å². The highest BCUT2D eigenvalue weighted by atomic mass is 35.5. The van der Waals surface area contributed by atoms with Gasteiger partial charge in [0.05, 0.1) is 36.1 Å². The van der Waals surface area contributed by atoms with Crippen LogP contribution in [-0.2, 0) is 11.2 Å². The van der Waals surface area contributed by atoms with E-state index in [2.05, 4.69) is 10.3 Å². The van der Waals surface area contributed by atoms with E-state index in [0.29, 0.717) is 16.1 Å². The van der Waals surface area contributed by atoms with Gasteiger partial charge in [-0.1, -0.05) is 11.6 Å². The number of aromatic nitrogens is 1. The summed E-state index contributed by atoms with van der Waals surface area (Å²) in [7, 11) is 0. The Hall–Kier alpha value is -2.16. The largest absolute Gasteiger partial charge is 0.417 e. The van der Waals surface area contributed by atoms with Gasteiger partial charge in [-0.05, 0) is 37.3 Å². The van der Waals surface area contributed by atoms with Crippen molar-refractivity contribution in [1.29, 1.82) is 0 Å². The number of amides is 2. The summed E-state index contributed by atoms with van der Waals surface area (Å²) in [6.45, 7) is 3.58. The van der Waals surface area contributed by atoms with Crippen molar-refractivity contribution in [2.45, 2.75) is 44.6 Å². The molecule has 2 amide bonds. The molecule has 0 saturated carbocycles. The molecule has 2 aliphatic heterocycles. The van der Waals surface area contributed by atoms with Gasteiger partial charge in [-0.3, -0.25) is 14.3 Å². The molecule has 0 spiro atoms. The normalized spacial score (nSPS) is 19.8. The van der Waals surface area contributed by atoms with Crippen LogP contribution in [-0.4, -0.2) is 53.5 Å². The van der Waals surface area contributed by atoms with Crippen LogP contribution in [0.15, 0.2) is 15.3 Å². The Bertz CT molecular complexity index is 1020. The van der Waals surface area contributed by atoms with Crippen LogP contribution in [0.25, 0.3) is 11.1 Å². The van der Waals surface area contributed by atoms with Crippen LogP contribution in [0.4, 0.5) is 0 Å². The lowest BCUT2D eigenvalue weighted by Crippen LogP contribution is -2.63. The van der Waals surface area contributed by atoms with Crippen molar-refractivity contribution < 1.29 is 18.5 Å². The lowest BCUT2D eigenvalue weighted by Gasteiger charge is -2.46. The standard InChI is InChI=1S/C21H26ClN4O4/c22-18-17(20(23)28)13(12-15-19(18)25-21(29)30-15)4-5-16(27)26(10-2-1-3-11-26)14-6-8-24-9-7-14/h5,12,14,24H,1-4,6-11H2,(H2-,23,25,28,29)/p+1. The number of piperidine rings is 2. The molecule has 3 heterocycles. The number of carbonyl (C=O) groups is 2. The van der Waals surface area contributed by atoms with Crippen LogP contribution in [0.3, 0.4) is 0 Å². The molecule has 9 heteroatoms. The summed E-state index contributed by atoms with van der Waals surface area (Å²) in [5.74, 6) is -1.29. The average Bonchev–Trinajstić information content (AvgIpc) is 3.13. The molecular formula is C21H27ClN4O4+. The summed E-state index contributed by atoms with van der Waals surface area (Å²) in [5, 5.41) is 3.42. The van der Waals surface area contributed by atoms with Crippen molar-refractivity contribution >= 4 is 34.5 Å². The first-order valence-electron chi connectivity index (χ1n) is 10.5. The Morgan fingerprint density at radius 1 is 1.23 bits per heavy atom. The topological polar surface area (TPSA) is 118 Å². The SMILES string of the molecule is NC(=O)c1c(C[CH]C(=O)[N+]2(C3CCNCC3)CCCCC2)cc2oc(=O)[nH]c2c1Cl. The number of H-pyrrole nitrogens is 1. The Kier molecular flexibility index (Phi) is 5.99. The molecule has 30 heavy (non-hydrogen) atoms. The number of fused-ring (bicyclic) bond motifs is 1.